The molecule has 0 aromatic heterocycles. The molecule has 0 radical (unpaired) electrons. The minimum Gasteiger partial charge on any atom is -0.354 e. The molecule has 1 N–H and O–H groups in total. The summed E-state index contributed by atoms with van der Waals surface area (Å²) in [6, 6.07) is 14.0. The van der Waals surface area contributed by atoms with Crippen LogP contribution < -0.4 is 5.32 Å². The Bertz CT molecular complexity index is 958. The van der Waals surface area contributed by atoms with Crippen LogP contribution in [0.2, 0.25) is 15.1 Å². The number of carbonyl (C=O) groups excluding carboxylic acids is 1. The molecule has 2 aromatic rings. The van der Waals surface area contributed by atoms with Crippen molar-refractivity contribution in [3.63, 3.8) is 0 Å². The molecule has 172 valence electrons. The number of nitrogens with one attached hydrogen (secondary N) is 1. The Kier molecular flexibility index (Phi) is 7.41. The Morgan fingerprint density at radius 3 is 2.28 bits per heavy atom. The molecule has 2 aromatic carbocycles. The van der Waals surface area contributed by atoms with Gasteiger partial charge in [-0.2, -0.15) is 0 Å². The van der Waals surface area contributed by atoms with Crippen molar-refractivity contribution >= 4 is 40.7 Å². The Morgan fingerprint density at radius 2 is 1.66 bits per heavy atom. The van der Waals surface area contributed by atoms with Crippen LogP contribution in [-0.2, 0) is 4.79 Å². The van der Waals surface area contributed by atoms with Gasteiger partial charge in [-0.3, -0.25) is 9.69 Å². The van der Waals surface area contributed by atoms with E-state index in [1.165, 1.54) is 5.56 Å². The number of carbonyl (C=O) groups is 1. The molecule has 1 aliphatic heterocycles. The number of hydrogen-bond acceptors (Lipinski definition) is 2. The third-order valence-electron chi connectivity index (χ3n) is 7.36. The third kappa shape index (κ3) is 4.18. The molecule has 1 saturated carbocycles. The maximum atomic E-state index is 13.5. The first-order valence-electron chi connectivity index (χ1n) is 11.7. The van der Waals surface area contributed by atoms with E-state index in [1.807, 2.05) is 24.3 Å². The zero-order valence-corrected chi connectivity index (χ0v) is 21.0. The molecular weight excluding hydrogens is 463 g/mol. The van der Waals surface area contributed by atoms with Crippen LogP contribution in [0.1, 0.15) is 62.5 Å². The highest BCUT2D eigenvalue weighted by Gasteiger charge is 2.60. The summed E-state index contributed by atoms with van der Waals surface area (Å²) in [7, 11) is 0. The van der Waals surface area contributed by atoms with Crippen molar-refractivity contribution in [1.29, 1.82) is 0 Å². The second-order valence-electron chi connectivity index (χ2n) is 9.12. The zero-order chi connectivity index (χ0) is 22.9. The van der Waals surface area contributed by atoms with Gasteiger partial charge in [-0.05, 0) is 86.0 Å². The summed E-state index contributed by atoms with van der Waals surface area (Å²) in [5.41, 5.74) is 1.84. The highest BCUT2D eigenvalue weighted by Crippen LogP contribution is 2.56. The van der Waals surface area contributed by atoms with Crippen molar-refractivity contribution in [2.45, 2.75) is 56.9 Å². The zero-order valence-electron chi connectivity index (χ0n) is 18.7. The predicted octanol–water partition coefficient (Wildman–Crippen LogP) is 6.91. The molecule has 1 unspecified atom stereocenters. The molecule has 1 aliphatic carbocycles. The van der Waals surface area contributed by atoms with Crippen molar-refractivity contribution in [2.75, 3.05) is 19.6 Å². The van der Waals surface area contributed by atoms with Gasteiger partial charge in [0.05, 0.1) is 0 Å². The number of benzene rings is 2. The summed E-state index contributed by atoms with van der Waals surface area (Å²) < 4.78 is 0. The fraction of sp³-hybridized carbons (Fsp3) is 0.500. The van der Waals surface area contributed by atoms with E-state index >= 15 is 0 Å². The fourth-order valence-corrected chi connectivity index (χ4v) is 6.81. The molecule has 1 amide bonds. The summed E-state index contributed by atoms with van der Waals surface area (Å²) in [5, 5.41) is 5.30. The van der Waals surface area contributed by atoms with Crippen molar-refractivity contribution in [3.8, 4) is 0 Å². The van der Waals surface area contributed by atoms with Crippen LogP contribution in [0, 0.1) is 5.92 Å². The molecule has 1 heterocycles. The second kappa shape index (κ2) is 9.93. The van der Waals surface area contributed by atoms with Crippen LogP contribution in [0.25, 0.3) is 0 Å². The summed E-state index contributed by atoms with van der Waals surface area (Å²) in [5.74, 6) is 0.690. The summed E-state index contributed by atoms with van der Waals surface area (Å²) in [6.45, 7) is 6.92. The summed E-state index contributed by atoms with van der Waals surface area (Å²) in [4.78, 5) is 16.0. The van der Waals surface area contributed by atoms with Gasteiger partial charge in [-0.1, -0.05) is 66.8 Å². The number of nitrogens with zero attached hydrogens (tertiary/aromatic N) is 1. The van der Waals surface area contributed by atoms with E-state index < -0.39 is 5.54 Å². The van der Waals surface area contributed by atoms with E-state index in [9.17, 15) is 4.79 Å². The van der Waals surface area contributed by atoms with E-state index in [1.54, 1.807) is 0 Å². The number of fused-ring (bicyclic) bond motifs is 1. The van der Waals surface area contributed by atoms with Crippen LogP contribution in [0.3, 0.4) is 0 Å². The van der Waals surface area contributed by atoms with Gasteiger partial charge in [0.2, 0.25) is 5.91 Å². The lowest BCUT2D eigenvalue weighted by atomic mass is 9.59. The van der Waals surface area contributed by atoms with Gasteiger partial charge in [0, 0.05) is 27.5 Å². The molecule has 4 rings (SSSR count). The van der Waals surface area contributed by atoms with E-state index in [4.69, 9.17) is 34.8 Å². The van der Waals surface area contributed by atoms with Crippen molar-refractivity contribution in [1.82, 2.24) is 10.2 Å². The quantitative estimate of drug-likeness (QED) is 0.454. The SMILES string of the molecule is CCCN(CCC)C12CC[C@@H](c3ccc(Cl)cc3Cl)[C@H](c3ccc(Cl)cc3)[C@@H]1CNC2=O. The molecule has 4 atom stereocenters. The molecule has 2 aliphatic rings. The standard InChI is InChI=1S/C26H31Cl3N2O/c1-3-13-31(14-4-2)26-12-11-21(20-10-9-19(28)15-23(20)29)24(22(26)16-30-25(26)32)17-5-7-18(27)8-6-17/h5-10,15,21-22,24H,3-4,11-14,16H2,1-2H3,(H,30,32)/t21-,22-,24-,26?/m0/s1. The second-order valence-corrected chi connectivity index (χ2v) is 10.4. The van der Waals surface area contributed by atoms with Crippen LogP contribution in [0.15, 0.2) is 42.5 Å². The van der Waals surface area contributed by atoms with Gasteiger partial charge >= 0.3 is 0 Å². The third-order valence-corrected chi connectivity index (χ3v) is 8.18. The monoisotopic (exact) mass is 492 g/mol. The average Bonchev–Trinajstić information content (AvgIpc) is 3.11. The molecule has 3 nitrogen and oxygen atoms in total. The minimum absolute atomic E-state index is 0.148. The highest BCUT2D eigenvalue weighted by molar-refractivity contribution is 6.35. The number of hydrogen-bond donors (Lipinski definition) is 1. The van der Waals surface area contributed by atoms with Gasteiger partial charge in [-0.25, -0.2) is 0 Å². The van der Waals surface area contributed by atoms with Crippen molar-refractivity contribution in [3.05, 3.63) is 68.7 Å². The van der Waals surface area contributed by atoms with Gasteiger partial charge in [0.25, 0.3) is 0 Å². The van der Waals surface area contributed by atoms with Crippen molar-refractivity contribution in [2.24, 2.45) is 5.92 Å². The largest absolute Gasteiger partial charge is 0.354 e. The van der Waals surface area contributed by atoms with Crippen LogP contribution in [0.4, 0.5) is 0 Å². The first-order chi connectivity index (χ1) is 15.4. The Labute approximate surface area is 206 Å². The van der Waals surface area contributed by atoms with Gasteiger partial charge in [0.1, 0.15) is 5.54 Å². The number of halogens is 3. The van der Waals surface area contributed by atoms with E-state index in [0.29, 0.717) is 16.6 Å². The van der Waals surface area contributed by atoms with E-state index in [2.05, 4.69) is 42.3 Å². The van der Waals surface area contributed by atoms with Crippen LogP contribution >= 0.6 is 34.8 Å². The lowest BCUT2D eigenvalue weighted by molar-refractivity contribution is -0.134. The topological polar surface area (TPSA) is 32.3 Å². The smallest absolute Gasteiger partial charge is 0.240 e. The van der Waals surface area contributed by atoms with Crippen molar-refractivity contribution < 1.29 is 4.79 Å². The van der Waals surface area contributed by atoms with Crippen LogP contribution in [0.5, 0.6) is 0 Å². The first kappa shape index (κ1) is 23.9. The molecule has 0 spiro atoms. The Morgan fingerprint density at radius 1 is 1.00 bits per heavy atom. The summed E-state index contributed by atoms with van der Waals surface area (Å²) >= 11 is 19.1. The summed E-state index contributed by atoms with van der Waals surface area (Å²) in [6.07, 6.45) is 3.78. The Balaban J connectivity index is 1.84. The highest BCUT2D eigenvalue weighted by atomic mass is 35.5. The minimum atomic E-state index is -0.480. The molecule has 6 heteroatoms. The fourth-order valence-electron chi connectivity index (χ4n) is 6.14. The predicted molar refractivity (Wildman–Crippen MR) is 134 cm³/mol. The van der Waals surface area contributed by atoms with Gasteiger partial charge < -0.3 is 5.32 Å². The first-order valence-corrected chi connectivity index (χ1v) is 12.8. The molecular formula is C26H31Cl3N2O. The molecule has 2 fully saturated rings. The number of amides is 1. The maximum Gasteiger partial charge on any atom is 0.240 e. The Hall–Kier alpha value is -1.26. The number of rotatable bonds is 7. The normalized spacial score (nSPS) is 27.4. The maximum absolute atomic E-state index is 13.5. The molecule has 32 heavy (non-hydrogen) atoms. The average molecular weight is 494 g/mol. The van der Waals surface area contributed by atoms with E-state index in [0.717, 1.165) is 49.4 Å². The van der Waals surface area contributed by atoms with Gasteiger partial charge in [0.15, 0.2) is 0 Å². The molecule has 1 saturated heterocycles. The lowest BCUT2D eigenvalue weighted by Gasteiger charge is -2.51. The van der Waals surface area contributed by atoms with Gasteiger partial charge in [-0.15, -0.1) is 0 Å². The van der Waals surface area contributed by atoms with E-state index in [-0.39, 0.29) is 23.7 Å². The van der Waals surface area contributed by atoms with Crippen LogP contribution in [-0.4, -0.2) is 36.0 Å². The molecule has 0 bridgehead atoms. The lowest BCUT2D eigenvalue weighted by Crippen LogP contribution is -2.61.